The smallest absolute Gasteiger partial charge is 0.256 e. The SMILES string of the molecule is Nc1nccn2c([C@@H]3C4CC[C@H](C4)N3C(CO)CO)nc(-c3ccc(C(=O)Nc4ccccn4)cc3)c12. The zero-order valence-corrected chi connectivity index (χ0v) is 20.2. The molecule has 6 rings (SSSR count). The highest BCUT2D eigenvalue weighted by atomic mass is 16.3. The molecule has 37 heavy (non-hydrogen) atoms. The second-order valence-electron chi connectivity index (χ2n) is 9.73. The van der Waals surface area contributed by atoms with E-state index in [4.69, 9.17) is 10.7 Å². The number of imidazole rings is 1. The Morgan fingerprint density at radius 2 is 1.89 bits per heavy atom. The van der Waals surface area contributed by atoms with Crippen LogP contribution < -0.4 is 11.1 Å². The van der Waals surface area contributed by atoms with Gasteiger partial charge in [0.1, 0.15) is 28.7 Å². The molecule has 3 aromatic heterocycles. The molecule has 2 bridgehead atoms. The van der Waals surface area contributed by atoms with E-state index >= 15 is 0 Å². The number of likely N-dealkylation sites (tertiary alicyclic amines) is 1. The van der Waals surface area contributed by atoms with Crippen molar-refractivity contribution in [2.75, 3.05) is 24.3 Å². The molecule has 1 aliphatic carbocycles. The number of amides is 1. The van der Waals surface area contributed by atoms with Crippen molar-refractivity contribution in [3.05, 3.63) is 72.4 Å². The number of nitrogens with one attached hydrogen (secondary N) is 1. The van der Waals surface area contributed by atoms with Gasteiger partial charge in [0, 0.05) is 35.8 Å². The summed E-state index contributed by atoms with van der Waals surface area (Å²) in [5, 5.41) is 22.8. The molecule has 1 unspecified atom stereocenters. The lowest BCUT2D eigenvalue weighted by atomic mass is 9.96. The molecular formula is C27H29N7O3. The van der Waals surface area contributed by atoms with Crippen LogP contribution in [-0.4, -0.2) is 65.7 Å². The third-order valence-electron chi connectivity index (χ3n) is 7.68. The van der Waals surface area contributed by atoms with Gasteiger partial charge in [-0.15, -0.1) is 0 Å². The number of carbonyl (C=O) groups excluding carboxylic acids is 1. The van der Waals surface area contributed by atoms with Crippen molar-refractivity contribution in [1.82, 2.24) is 24.3 Å². The van der Waals surface area contributed by atoms with Crippen LogP contribution in [0.25, 0.3) is 16.8 Å². The highest BCUT2D eigenvalue weighted by Crippen LogP contribution is 2.51. The first-order valence-corrected chi connectivity index (χ1v) is 12.5. The van der Waals surface area contributed by atoms with Crippen LogP contribution in [0.15, 0.2) is 61.1 Å². The molecule has 4 aromatic rings. The molecule has 2 aliphatic rings. The summed E-state index contributed by atoms with van der Waals surface area (Å²) in [7, 11) is 0. The number of anilines is 2. The molecule has 1 saturated carbocycles. The topological polar surface area (TPSA) is 142 Å². The van der Waals surface area contributed by atoms with Crippen LogP contribution in [0, 0.1) is 5.92 Å². The average molecular weight is 500 g/mol. The second-order valence-corrected chi connectivity index (χ2v) is 9.73. The second kappa shape index (κ2) is 9.55. The highest BCUT2D eigenvalue weighted by Gasteiger charge is 2.50. The molecule has 2 fully saturated rings. The summed E-state index contributed by atoms with van der Waals surface area (Å²) in [5.41, 5.74) is 9.06. The van der Waals surface area contributed by atoms with Crippen molar-refractivity contribution in [3.63, 3.8) is 0 Å². The lowest BCUT2D eigenvalue weighted by molar-refractivity contribution is 0.0151. The van der Waals surface area contributed by atoms with E-state index in [1.165, 1.54) is 0 Å². The number of piperidine rings is 1. The predicted molar refractivity (Wildman–Crippen MR) is 139 cm³/mol. The Morgan fingerprint density at radius 3 is 2.62 bits per heavy atom. The first kappa shape index (κ1) is 23.5. The number of aromatic nitrogens is 4. The van der Waals surface area contributed by atoms with Crippen LogP contribution in [0.3, 0.4) is 0 Å². The quantitative estimate of drug-likeness (QED) is 0.304. The molecule has 10 heteroatoms. The van der Waals surface area contributed by atoms with Gasteiger partial charge in [0.05, 0.1) is 25.3 Å². The molecule has 1 amide bonds. The van der Waals surface area contributed by atoms with Gasteiger partial charge in [-0.3, -0.25) is 14.1 Å². The zero-order chi connectivity index (χ0) is 25.5. The van der Waals surface area contributed by atoms with Crippen molar-refractivity contribution in [3.8, 4) is 11.3 Å². The molecule has 3 atom stereocenters. The Bertz CT molecular complexity index is 1420. The number of nitrogens with two attached hydrogens (primary N) is 1. The largest absolute Gasteiger partial charge is 0.395 e. The molecule has 0 spiro atoms. The highest BCUT2D eigenvalue weighted by molar-refractivity contribution is 6.04. The van der Waals surface area contributed by atoms with Crippen molar-refractivity contribution in [2.45, 2.75) is 37.4 Å². The summed E-state index contributed by atoms with van der Waals surface area (Å²) < 4.78 is 1.99. The number of aliphatic hydroxyl groups excluding tert-OH is 2. The van der Waals surface area contributed by atoms with E-state index in [1.54, 1.807) is 36.7 Å². The van der Waals surface area contributed by atoms with Crippen molar-refractivity contribution in [2.24, 2.45) is 5.92 Å². The van der Waals surface area contributed by atoms with Crippen LogP contribution in [0.4, 0.5) is 11.6 Å². The summed E-state index contributed by atoms with van der Waals surface area (Å²) in [6, 6.07) is 12.5. The molecule has 1 saturated heterocycles. The minimum atomic E-state index is -0.341. The van der Waals surface area contributed by atoms with Gasteiger partial charge in [0.2, 0.25) is 0 Å². The number of fused-ring (bicyclic) bond motifs is 3. The van der Waals surface area contributed by atoms with Gasteiger partial charge >= 0.3 is 0 Å². The molecule has 1 aromatic carbocycles. The van der Waals surface area contributed by atoms with E-state index in [9.17, 15) is 15.0 Å². The minimum Gasteiger partial charge on any atom is -0.395 e. The van der Waals surface area contributed by atoms with E-state index in [2.05, 4.69) is 20.2 Å². The maximum absolute atomic E-state index is 12.7. The number of carbonyl (C=O) groups is 1. The van der Waals surface area contributed by atoms with Crippen molar-refractivity contribution < 1.29 is 15.0 Å². The predicted octanol–water partition coefficient (Wildman–Crippen LogP) is 2.50. The summed E-state index contributed by atoms with van der Waals surface area (Å²) in [6.45, 7) is -0.226. The third-order valence-corrected chi connectivity index (χ3v) is 7.68. The minimum absolute atomic E-state index is 0.0467. The number of aliphatic hydroxyl groups is 2. The Kier molecular flexibility index (Phi) is 6.07. The van der Waals surface area contributed by atoms with E-state index in [-0.39, 0.29) is 31.2 Å². The van der Waals surface area contributed by atoms with Gasteiger partial charge < -0.3 is 21.3 Å². The van der Waals surface area contributed by atoms with Crippen molar-refractivity contribution >= 4 is 23.1 Å². The van der Waals surface area contributed by atoms with Gasteiger partial charge in [-0.1, -0.05) is 18.2 Å². The number of hydrogen-bond donors (Lipinski definition) is 4. The average Bonchev–Trinajstić information content (AvgIpc) is 3.64. The fourth-order valence-electron chi connectivity index (χ4n) is 6.04. The van der Waals surface area contributed by atoms with Gasteiger partial charge in [-0.2, -0.15) is 0 Å². The number of pyridine rings is 1. The van der Waals surface area contributed by atoms with Gasteiger partial charge in [-0.25, -0.2) is 15.0 Å². The van der Waals surface area contributed by atoms with E-state index in [0.29, 0.717) is 40.4 Å². The molecule has 4 heterocycles. The molecule has 5 N–H and O–H groups in total. The van der Waals surface area contributed by atoms with Crippen LogP contribution in [0.5, 0.6) is 0 Å². The fraction of sp³-hybridized carbons (Fsp3) is 0.333. The number of benzene rings is 1. The molecular weight excluding hydrogens is 470 g/mol. The van der Waals surface area contributed by atoms with Crippen LogP contribution in [-0.2, 0) is 0 Å². The number of hydrogen-bond acceptors (Lipinski definition) is 8. The maximum Gasteiger partial charge on any atom is 0.256 e. The zero-order valence-electron chi connectivity index (χ0n) is 20.2. The standard InChI is InChI=1S/C27H29N7O3/c28-25-24-22(16-4-6-17(7-5-16)27(37)31-21-3-1-2-10-29-21)32-26(33(24)12-11-30-25)23-18-8-9-19(13-18)34(23)20(14-35)15-36/h1-7,10-12,18-20,23,35-36H,8-9,13-15H2,(H2,28,30)(H,29,31,37)/t18?,19-,23+/m1/s1. The molecule has 190 valence electrons. The summed E-state index contributed by atoms with van der Waals surface area (Å²) in [5.74, 6) is 1.81. The summed E-state index contributed by atoms with van der Waals surface area (Å²) in [6.07, 6.45) is 8.31. The summed E-state index contributed by atoms with van der Waals surface area (Å²) >= 11 is 0. The van der Waals surface area contributed by atoms with Gasteiger partial charge in [0.25, 0.3) is 5.91 Å². The van der Waals surface area contributed by atoms with E-state index in [1.807, 2.05) is 28.8 Å². The van der Waals surface area contributed by atoms with Crippen LogP contribution in [0.2, 0.25) is 0 Å². The monoisotopic (exact) mass is 499 g/mol. The number of nitrogen functional groups attached to an aromatic ring is 1. The van der Waals surface area contributed by atoms with E-state index < -0.39 is 0 Å². The Labute approximate surface area is 213 Å². The third kappa shape index (κ3) is 4.03. The van der Waals surface area contributed by atoms with Crippen molar-refractivity contribution in [1.29, 1.82) is 0 Å². The summed E-state index contributed by atoms with van der Waals surface area (Å²) in [4.78, 5) is 28.5. The van der Waals surface area contributed by atoms with Gasteiger partial charge in [0.15, 0.2) is 0 Å². The molecule has 1 aliphatic heterocycles. The van der Waals surface area contributed by atoms with Crippen LogP contribution in [0.1, 0.15) is 41.5 Å². The number of nitrogens with zero attached hydrogens (tertiary/aromatic N) is 5. The Balaban J connectivity index is 1.38. The van der Waals surface area contributed by atoms with Gasteiger partial charge in [-0.05, 0) is 49.4 Å². The Morgan fingerprint density at radius 1 is 1.08 bits per heavy atom. The Hall–Kier alpha value is -3.86. The lowest BCUT2D eigenvalue weighted by Crippen LogP contribution is -2.47. The lowest BCUT2D eigenvalue weighted by Gasteiger charge is -2.39. The number of rotatable bonds is 7. The van der Waals surface area contributed by atoms with E-state index in [0.717, 1.165) is 30.7 Å². The first-order valence-electron chi connectivity index (χ1n) is 12.5. The fourth-order valence-corrected chi connectivity index (χ4v) is 6.04. The van der Waals surface area contributed by atoms with Crippen LogP contribution >= 0.6 is 0 Å². The molecule has 10 nitrogen and oxygen atoms in total. The first-order chi connectivity index (χ1) is 18.1. The maximum atomic E-state index is 12.7. The molecule has 0 radical (unpaired) electrons. The normalized spacial score (nSPS) is 21.2.